The van der Waals surface area contributed by atoms with Crippen LogP contribution in [0.4, 0.5) is 10.1 Å². The molecular formula is C34H28Cl2FN5O3. The van der Waals surface area contributed by atoms with Gasteiger partial charge in [-0.3, -0.25) is 4.79 Å². The molecule has 1 aliphatic heterocycles. The molecule has 1 aromatic heterocycles. The third kappa shape index (κ3) is 6.69. The molecule has 1 fully saturated rings. The van der Waals surface area contributed by atoms with E-state index in [2.05, 4.69) is 15.0 Å². The van der Waals surface area contributed by atoms with Crippen molar-refractivity contribution in [1.82, 2.24) is 14.9 Å². The second-order valence-electron chi connectivity index (χ2n) is 11.0. The van der Waals surface area contributed by atoms with Gasteiger partial charge in [0.15, 0.2) is 0 Å². The van der Waals surface area contributed by atoms with Gasteiger partial charge in [-0.15, -0.1) is 0 Å². The van der Waals surface area contributed by atoms with Crippen molar-refractivity contribution in [1.29, 1.82) is 0 Å². The van der Waals surface area contributed by atoms with E-state index in [1.807, 2.05) is 12.1 Å². The number of carboxylic acid groups (broad SMARTS) is 1. The minimum Gasteiger partial charge on any atom is -0.478 e. The molecule has 228 valence electrons. The summed E-state index contributed by atoms with van der Waals surface area (Å²) in [5.74, 6) is -0.571. The first-order chi connectivity index (χ1) is 21.6. The number of amidine groups is 1. The van der Waals surface area contributed by atoms with Crippen molar-refractivity contribution in [3.05, 3.63) is 117 Å². The number of nitrogens with two attached hydrogens (primary N) is 1. The molecular weight excluding hydrogens is 616 g/mol. The molecule has 0 aliphatic carbocycles. The van der Waals surface area contributed by atoms with E-state index < -0.39 is 5.97 Å². The number of H-pyrrole nitrogens is 1. The van der Waals surface area contributed by atoms with Gasteiger partial charge in [-0.05, 0) is 73.2 Å². The Labute approximate surface area is 268 Å². The van der Waals surface area contributed by atoms with Gasteiger partial charge in [0.05, 0.1) is 32.3 Å². The second-order valence-corrected chi connectivity index (χ2v) is 11.9. The highest BCUT2D eigenvalue weighted by Gasteiger charge is 2.25. The van der Waals surface area contributed by atoms with Crippen LogP contribution in [-0.4, -0.2) is 50.8 Å². The number of hydrogen-bond acceptors (Lipinski definition) is 4. The molecule has 0 bridgehead atoms. The van der Waals surface area contributed by atoms with Crippen LogP contribution in [-0.2, 0) is 6.42 Å². The number of nitrogens with one attached hydrogen (secondary N) is 1. The highest BCUT2D eigenvalue weighted by Crippen LogP contribution is 2.30. The van der Waals surface area contributed by atoms with Gasteiger partial charge in [-0.25, -0.2) is 19.2 Å². The molecule has 4 N–H and O–H groups in total. The normalized spacial score (nSPS) is 14.2. The van der Waals surface area contributed by atoms with Crippen LogP contribution in [0.5, 0.6) is 0 Å². The number of carbonyl (C=O) groups excluding carboxylic acids is 1. The van der Waals surface area contributed by atoms with Crippen LogP contribution < -0.4 is 5.73 Å². The predicted octanol–water partition coefficient (Wildman–Crippen LogP) is 7.51. The van der Waals surface area contributed by atoms with Crippen LogP contribution in [0.2, 0.25) is 10.0 Å². The largest absolute Gasteiger partial charge is 0.478 e. The lowest BCUT2D eigenvalue weighted by molar-refractivity contribution is 0.0690. The van der Waals surface area contributed by atoms with Crippen LogP contribution in [0, 0.1) is 11.7 Å². The first-order valence-electron chi connectivity index (χ1n) is 14.4. The maximum Gasteiger partial charge on any atom is 0.337 e. The van der Waals surface area contributed by atoms with Gasteiger partial charge < -0.3 is 20.7 Å². The maximum absolute atomic E-state index is 13.3. The van der Waals surface area contributed by atoms with Crippen LogP contribution in [0.25, 0.3) is 22.4 Å². The lowest BCUT2D eigenvalue weighted by atomic mass is 9.90. The number of carbonyl (C=O) groups is 2. The van der Waals surface area contributed by atoms with Crippen molar-refractivity contribution in [2.75, 3.05) is 13.1 Å². The standard InChI is InChI=1S/C34H28Cl2FN5O3/c35-26-17-29-30(18-27(26)36)41-32(40-29)22-5-3-21(4-6-22)31(38)39-28-10-7-23(16-25(28)34(44)45)33(43)42-13-11-20(12-14-42)15-19-1-8-24(37)9-2-19/h1-10,16-18,20H,11-15H2,(H2,38,39)(H,40,41)(H,44,45). The van der Waals surface area contributed by atoms with Crippen molar-refractivity contribution in [3.8, 4) is 11.4 Å². The number of aromatic carboxylic acids is 1. The van der Waals surface area contributed by atoms with Gasteiger partial charge in [0.2, 0.25) is 0 Å². The number of imidazole rings is 1. The number of hydrogen-bond donors (Lipinski definition) is 3. The Hall–Kier alpha value is -4.73. The zero-order valence-electron chi connectivity index (χ0n) is 23.9. The Morgan fingerprint density at radius 2 is 1.62 bits per heavy atom. The van der Waals surface area contributed by atoms with Crippen molar-refractivity contribution < 1.29 is 19.1 Å². The Bertz CT molecular complexity index is 1890. The summed E-state index contributed by atoms with van der Waals surface area (Å²) < 4.78 is 13.2. The van der Waals surface area contributed by atoms with E-state index in [-0.39, 0.29) is 34.4 Å². The van der Waals surface area contributed by atoms with Gasteiger partial charge >= 0.3 is 5.97 Å². The van der Waals surface area contributed by atoms with Gasteiger partial charge in [-0.1, -0.05) is 59.6 Å². The summed E-state index contributed by atoms with van der Waals surface area (Å²) in [6.45, 7) is 1.12. The number of benzene rings is 4. The van der Waals surface area contributed by atoms with E-state index in [9.17, 15) is 19.1 Å². The van der Waals surface area contributed by atoms with Crippen LogP contribution in [0.15, 0.2) is 83.9 Å². The first-order valence-corrected chi connectivity index (χ1v) is 15.1. The molecule has 1 saturated heterocycles. The summed E-state index contributed by atoms with van der Waals surface area (Å²) in [7, 11) is 0. The summed E-state index contributed by atoms with van der Waals surface area (Å²) in [5.41, 5.74) is 10.5. The average Bonchev–Trinajstić information content (AvgIpc) is 3.45. The molecule has 0 unspecified atom stereocenters. The molecule has 1 amide bonds. The molecule has 4 aromatic carbocycles. The number of aromatic amines is 1. The summed E-state index contributed by atoms with van der Waals surface area (Å²) in [6, 6.07) is 21.5. The molecule has 6 rings (SSSR count). The number of aliphatic imine (C=N–C) groups is 1. The highest BCUT2D eigenvalue weighted by atomic mass is 35.5. The highest BCUT2D eigenvalue weighted by molar-refractivity contribution is 6.42. The number of carboxylic acids is 1. The van der Waals surface area contributed by atoms with Gasteiger partial charge in [-0.2, -0.15) is 0 Å². The number of piperidine rings is 1. The Balaban J connectivity index is 1.14. The first kappa shape index (κ1) is 30.3. The van der Waals surface area contributed by atoms with Gasteiger partial charge in [0, 0.05) is 29.8 Å². The molecule has 5 aromatic rings. The second kappa shape index (κ2) is 12.7. The number of amides is 1. The SMILES string of the molecule is NC(=Nc1ccc(C(=O)N2CCC(Cc3ccc(F)cc3)CC2)cc1C(=O)O)c1ccc(-c2nc3cc(Cl)c(Cl)cc3[nH]2)cc1. The number of halogens is 3. The molecule has 8 nitrogen and oxygen atoms in total. The van der Waals surface area contributed by atoms with E-state index in [0.717, 1.165) is 35.9 Å². The van der Waals surface area contributed by atoms with Crippen molar-refractivity contribution in [3.63, 3.8) is 0 Å². The molecule has 2 heterocycles. The van der Waals surface area contributed by atoms with E-state index in [0.29, 0.717) is 46.0 Å². The smallest absolute Gasteiger partial charge is 0.337 e. The van der Waals surface area contributed by atoms with E-state index in [1.165, 1.54) is 24.3 Å². The Morgan fingerprint density at radius 1 is 0.956 bits per heavy atom. The van der Waals surface area contributed by atoms with Crippen molar-refractivity contribution in [2.24, 2.45) is 16.6 Å². The Kier molecular flexibility index (Phi) is 8.56. The fraction of sp³-hybridized carbons (Fsp3) is 0.176. The average molecular weight is 645 g/mol. The van der Waals surface area contributed by atoms with Gasteiger partial charge in [0.25, 0.3) is 5.91 Å². The topological polar surface area (TPSA) is 125 Å². The minimum atomic E-state index is -1.21. The minimum absolute atomic E-state index is 0.119. The third-order valence-electron chi connectivity index (χ3n) is 8.03. The maximum atomic E-state index is 13.3. The molecule has 0 radical (unpaired) electrons. The lowest BCUT2D eigenvalue weighted by Gasteiger charge is -2.32. The molecule has 11 heteroatoms. The summed E-state index contributed by atoms with van der Waals surface area (Å²) >= 11 is 12.2. The fourth-order valence-corrected chi connectivity index (χ4v) is 5.87. The molecule has 45 heavy (non-hydrogen) atoms. The quantitative estimate of drug-likeness (QED) is 0.125. The zero-order chi connectivity index (χ0) is 31.7. The number of likely N-dealkylation sites (tertiary alicyclic amines) is 1. The number of aromatic nitrogens is 2. The molecule has 0 saturated carbocycles. The monoisotopic (exact) mass is 643 g/mol. The summed E-state index contributed by atoms with van der Waals surface area (Å²) in [6.07, 6.45) is 2.45. The molecule has 1 aliphatic rings. The molecule has 0 atom stereocenters. The predicted molar refractivity (Wildman–Crippen MR) is 174 cm³/mol. The number of nitrogens with zero attached hydrogens (tertiary/aromatic N) is 3. The number of fused-ring (bicyclic) bond motifs is 1. The Morgan fingerprint density at radius 3 is 2.31 bits per heavy atom. The van der Waals surface area contributed by atoms with Crippen molar-refractivity contribution in [2.45, 2.75) is 19.3 Å². The van der Waals surface area contributed by atoms with Crippen LogP contribution >= 0.6 is 23.2 Å². The third-order valence-corrected chi connectivity index (χ3v) is 8.75. The van der Waals surface area contributed by atoms with E-state index >= 15 is 0 Å². The fourth-order valence-electron chi connectivity index (χ4n) is 5.55. The van der Waals surface area contributed by atoms with Crippen LogP contribution in [0.3, 0.4) is 0 Å². The summed E-state index contributed by atoms with van der Waals surface area (Å²) in [4.78, 5) is 39.4. The summed E-state index contributed by atoms with van der Waals surface area (Å²) in [5, 5.41) is 10.8. The van der Waals surface area contributed by atoms with Crippen LogP contribution in [0.1, 0.15) is 44.7 Å². The zero-order valence-corrected chi connectivity index (χ0v) is 25.4. The van der Waals surface area contributed by atoms with Crippen molar-refractivity contribution >= 4 is 57.6 Å². The van der Waals surface area contributed by atoms with Gasteiger partial charge in [0.1, 0.15) is 17.5 Å². The number of rotatable bonds is 7. The molecule has 0 spiro atoms. The van der Waals surface area contributed by atoms with E-state index in [4.69, 9.17) is 28.9 Å². The lowest BCUT2D eigenvalue weighted by Crippen LogP contribution is -2.39. The van der Waals surface area contributed by atoms with E-state index in [1.54, 1.807) is 47.4 Å².